The van der Waals surface area contributed by atoms with Crippen molar-refractivity contribution in [1.29, 1.82) is 0 Å². The maximum Gasteiger partial charge on any atom is 0.156 e. The molecule has 0 aromatic carbocycles. The van der Waals surface area contributed by atoms with Crippen LogP contribution in [0.5, 0.6) is 0 Å². The Morgan fingerprint density at radius 2 is 2.31 bits per heavy atom. The molecule has 16 heavy (non-hydrogen) atoms. The van der Waals surface area contributed by atoms with Gasteiger partial charge in [0.05, 0.1) is 17.9 Å². The predicted molar refractivity (Wildman–Crippen MR) is 61.3 cm³/mol. The Hall–Kier alpha value is -1.62. The van der Waals surface area contributed by atoms with Crippen LogP contribution in [0.1, 0.15) is 6.42 Å². The zero-order valence-electron chi connectivity index (χ0n) is 9.17. The molecular formula is C11H14N4O. The molecule has 0 spiro atoms. The van der Waals surface area contributed by atoms with E-state index >= 15 is 0 Å². The van der Waals surface area contributed by atoms with E-state index in [4.69, 9.17) is 0 Å². The summed E-state index contributed by atoms with van der Waals surface area (Å²) in [6.07, 6.45) is 4.16. The first-order chi connectivity index (χ1) is 7.75. The van der Waals surface area contributed by atoms with Gasteiger partial charge in [0.1, 0.15) is 5.52 Å². The van der Waals surface area contributed by atoms with Crippen LogP contribution in [0.2, 0.25) is 0 Å². The van der Waals surface area contributed by atoms with E-state index in [1.165, 1.54) is 0 Å². The van der Waals surface area contributed by atoms with Crippen molar-refractivity contribution < 1.29 is 5.11 Å². The number of anilines is 1. The molecule has 1 saturated heterocycles. The summed E-state index contributed by atoms with van der Waals surface area (Å²) in [4.78, 5) is 10.8. The number of aromatic nitrogens is 3. The van der Waals surface area contributed by atoms with Gasteiger partial charge >= 0.3 is 0 Å². The fraction of sp³-hybridized carbons (Fsp3) is 0.455. The maximum absolute atomic E-state index is 9.54. The van der Waals surface area contributed by atoms with E-state index in [-0.39, 0.29) is 6.10 Å². The van der Waals surface area contributed by atoms with Crippen LogP contribution in [0.4, 0.5) is 5.82 Å². The molecule has 0 bridgehead atoms. The first-order valence-electron chi connectivity index (χ1n) is 5.45. The smallest absolute Gasteiger partial charge is 0.156 e. The third kappa shape index (κ3) is 1.36. The molecule has 1 fully saturated rings. The summed E-state index contributed by atoms with van der Waals surface area (Å²) in [5, 5.41) is 9.54. The van der Waals surface area contributed by atoms with Gasteiger partial charge in [-0.05, 0) is 12.5 Å². The predicted octanol–water partition coefficient (Wildman–Crippen LogP) is 0.539. The summed E-state index contributed by atoms with van der Waals surface area (Å²) in [7, 11) is 1.97. The fourth-order valence-electron chi connectivity index (χ4n) is 2.21. The second-order valence-corrected chi connectivity index (χ2v) is 4.25. The summed E-state index contributed by atoms with van der Waals surface area (Å²) >= 11 is 0. The van der Waals surface area contributed by atoms with Gasteiger partial charge < -0.3 is 14.6 Å². The summed E-state index contributed by atoms with van der Waals surface area (Å²) < 4.78 is 1.98. The minimum absolute atomic E-state index is 0.235. The van der Waals surface area contributed by atoms with Crippen molar-refractivity contribution in [2.75, 3.05) is 18.0 Å². The number of rotatable bonds is 1. The van der Waals surface area contributed by atoms with E-state index in [9.17, 15) is 5.11 Å². The first-order valence-corrected chi connectivity index (χ1v) is 5.45. The topological polar surface area (TPSA) is 54.2 Å². The van der Waals surface area contributed by atoms with Gasteiger partial charge in [0.25, 0.3) is 0 Å². The van der Waals surface area contributed by atoms with E-state index in [2.05, 4.69) is 14.9 Å². The molecule has 3 rings (SSSR count). The Kier molecular flexibility index (Phi) is 2.07. The van der Waals surface area contributed by atoms with Gasteiger partial charge in [-0.25, -0.2) is 9.97 Å². The Morgan fingerprint density at radius 1 is 1.44 bits per heavy atom. The van der Waals surface area contributed by atoms with Crippen LogP contribution >= 0.6 is 0 Å². The lowest BCUT2D eigenvalue weighted by Crippen LogP contribution is -2.22. The lowest BCUT2D eigenvalue weighted by atomic mass is 10.3. The van der Waals surface area contributed by atoms with E-state index in [1.54, 1.807) is 12.5 Å². The molecule has 1 aliphatic heterocycles. The number of hydrogen-bond donors (Lipinski definition) is 1. The molecule has 2 aromatic heterocycles. The zero-order chi connectivity index (χ0) is 11.1. The van der Waals surface area contributed by atoms with Crippen LogP contribution in [-0.4, -0.2) is 38.8 Å². The third-order valence-electron chi connectivity index (χ3n) is 3.09. The van der Waals surface area contributed by atoms with E-state index in [0.29, 0.717) is 6.54 Å². The molecular weight excluding hydrogens is 204 g/mol. The fourth-order valence-corrected chi connectivity index (χ4v) is 2.21. The monoisotopic (exact) mass is 218 g/mol. The summed E-state index contributed by atoms with van der Waals surface area (Å²) in [5.74, 6) is 0.884. The zero-order valence-corrected chi connectivity index (χ0v) is 9.17. The van der Waals surface area contributed by atoms with Gasteiger partial charge in [0, 0.05) is 26.3 Å². The molecule has 1 atom stereocenters. The van der Waals surface area contributed by atoms with Crippen molar-refractivity contribution in [2.24, 2.45) is 7.05 Å². The molecule has 0 radical (unpaired) electrons. The maximum atomic E-state index is 9.54. The second kappa shape index (κ2) is 3.45. The summed E-state index contributed by atoms with van der Waals surface area (Å²) in [6.45, 7) is 1.51. The van der Waals surface area contributed by atoms with E-state index < -0.39 is 0 Å². The highest BCUT2D eigenvalue weighted by atomic mass is 16.3. The normalized spacial score (nSPS) is 20.9. The van der Waals surface area contributed by atoms with Crippen molar-refractivity contribution >= 4 is 16.9 Å². The largest absolute Gasteiger partial charge is 0.391 e. The number of imidazole rings is 1. The molecule has 5 heteroatoms. The molecule has 5 nitrogen and oxygen atoms in total. The Labute approximate surface area is 93.3 Å². The van der Waals surface area contributed by atoms with Gasteiger partial charge in [-0.3, -0.25) is 0 Å². The van der Waals surface area contributed by atoms with Gasteiger partial charge in [0.15, 0.2) is 5.82 Å². The quantitative estimate of drug-likeness (QED) is 0.759. The lowest BCUT2D eigenvalue weighted by molar-refractivity contribution is 0.198. The Balaban J connectivity index is 2.09. The van der Waals surface area contributed by atoms with Crippen LogP contribution < -0.4 is 4.90 Å². The van der Waals surface area contributed by atoms with Crippen molar-refractivity contribution in [3.05, 3.63) is 18.6 Å². The summed E-state index contributed by atoms with van der Waals surface area (Å²) in [5.41, 5.74) is 1.99. The number of aliphatic hydroxyl groups is 1. The molecule has 1 N–H and O–H groups in total. The molecule has 2 aromatic rings. The molecule has 0 aliphatic carbocycles. The van der Waals surface area contributed by atoms with Crippen LogP contribution in [0.15, 0.2) is 18.6 Å². The Morgan fingerprint density at radius 3 is 3.06 bits per heavy atom. The number of nitrogens with zero attached hydrogens (tertiary/aromatic N) is 4. The number of hydrogen-bond acceptors (Lipinski definition) is 4. The van der Waals surface area contributed by atoms with Crippen LogP contribution in [-0.2, 0) is 7.05 Å². The molecule has 84 valence electrons. The minimum Gasteiger partial charge on any atom is -0.391 e. The summed E-state index contributed by atoms with van der Waals surface area (Å²) in [6, 6.07) is 1.96. The van der Waals surface area contributed by atoms with Crippen LogP contribution in [0, 0.1) is 0 Å². The molecule has 0 amide bonds. The van der Waals surface area contributed by atoms with Crippen molar-refractivity contribution in [2.45, 2.75) is 12.5 Å². The highest BCUT2D eigenvalue weighted by Crippen LogP contribution is 2.25. The minimum atomic E-state index is -0.235. The number of aryl methyl sites for hydroxylation is 1. The van der Waals surface area contributed by atoms with Crippen LogP contribution in [0.3, 0.4) is 0 Å². The SMILES string of the molecule is Cn1cnc2c(N3CCC(O)C3)nccc21. The number of pyridine rings is 1. The first kappa shape index (κ1) is 9.59. The van der Waals surface area contributed by atoms with Crippen molar-refractivity contribution in [3.8, 4) is 0 Å². The van der Waals surface area contributed by atoms with Crippen LogP contribution in [0.25, 0.3) is 11.0 Å². The highest BCUT2D eigenvalue weighted by Gasteiger charge is 2.23. The highest BCUT2D eigenvalue weighted by molar-refractivity contribution is 5.86. The van der Waals surface area contributed by atoms with Gasteiger partial charge in [0.2, 0.25) is 0 Å². The molecule has 3 heterocycles. The standard InChI is InChI=1S/C11H14N4O/c1-14-7-13-10-9(14)2-4-12-11(10)15-5-3-8(16)6-15/h2,4,7-8,16H,3,5-6H2,1H3. The van der Waals surface area contributed by atoms with E-state index in [0.717, 1.165) is 29.8 Å². The van der Waals surface area contributed by atoms with Crippen molar-refractivity contribution in [3.63, 3.8) is 0 Å². The lowest BCUT2D eigenvalue weighted by Gasteiger charge is -2.16. The number of fused-ring (bicyclic) bond motifs is 1. The van der Waals surface area contributed by atoms with E-state index in [1.807, 2.05) is 17.7 Å². The third-order valence-corrected chi connectivity index (χ3v) is 3.09. The van der Waals surface area contributed by atoms with Gasteiger partial charge in [-0.1, -0.05) is 0 Å². The molecule has 1 aliphatic rings. The van der Waals surface area contributed by atoms with Gasteiger partial charge in [-0.15, -0.1) is 0 Å². The Bertz CT molecular complexity index is 522. The molecule has 0 saturated carbocycles. The number of β-amino-alcohol motifs (C(OH)–C–C–N with tert-alkyl or cyclic N) is 1. The van der Waals surface area contributed by atoms with Gasteiger partial charge in [-0.2, -0.15) is 0 Å². The number of aliphatic hydroxyl groups excluding tert-OH is 1. The average Bonchev–Trinajstić information content (AvgIpc) is 2.86. The average molecular weight is 218 g/mol. The van der Waals surface area contributed by atoms with Crippen molar-refractivity contribution in [1.82, 2.24) is 14.5 Å². The second-order valence-electron chi connectivity index (χ2n) is 4.25. The molecule has 1 unspecified atom stereocenters.